The van der Waals surface area contributed by atoms with Crippen molar-refractivity contribution in [1.82, 2.24) is 10.6 Å². The van der Waals surface area contributed by atoms with Crippen molar-refractivity contribution in [3.63, 3.8) is 0 Å². The normalized spacial score (nSPS) is 12.3. The second-order valence-electron chi connectivity index (χ2n) is 9.16. The Labute approximate surface area is 206 Å². The van der Waals surface area contributed by atoms with Crippen molar-refractivity contribution in [1.29, 1.82) is 5.26 Å². The largest absolute Gasteiger partial charge is 0.493 e. The molecule has 0 heterocycles. The number of nitrogens with zero attached hydrogens (tertiary/aromatic N) is 1. The summed E-state index contributed by atoms with van der Waals surface area (Å²) >= 11 is 0. The van der Waals surface area contributed by atoms with E-state index in [0.29, 0.717) is 24.2 Å². The van der Waals surface area contributed by atoms with Crippen molar-refractivity contribution < 1.29 is 24.4 Å². The number of nitriles is 1. The van der Waals surface area contributed by atoms with Crippen LogP contribution in [-0.2, 0) is 16.0 Å². The topological polar surface area (TPSA) is 132 Å². The Kier molecular flexibility index (Phi) is 10.5. The van der Waals surface area contributed by atoms with Gasteiger partial charge in [0.25, 0.3) is 5.91 Å². The van der Waals surface area contributed by atoms with Crippen LogP contribution in [0.2, 0.25) is 0 Å². The molecule has 1 atom stereocenters. The zero-order chi connectivity index (χ0) is 25.8. The fourth-order valence-electron chi connectivity index (χ4n) is 3.22. The molecule has 0 spiro atoms. The minimum absolute atomic E-state index is 0.0199. The lowest BCUT2D eigenvalue weighted by Crippen LogP contribution is -2.47. The standard InChI is InChI=1S/C26H32BN3O5/c1-26(2,3)30-25(32)21(18-28)16-20-10-7-11-22(17-20)35-15-14-24(31)29-23(27(33)34)13-12-19-8-5-4-6-9-19/h4-11,16-17,23,33-34H,12-15H2,1-3H3,(H,29,31)(H,30,32). The van der Waals surface area contributed by atoms with Crippen LogP contribution < -0.4 is 15.4 Å². The summed E-state index contributed by atoms with van der Waals surface area (Å²) < 4.78 is 5.65. The van der Waals surface area contributed by atoms with Crippen LogP contribution in [0.3, 0.4) is 0 Å². The van der Waals surface area contributed by atoms with Gasteiger partial charge in [-0.05, 0) is 62.9 Å². The van der Waals surface area contributed by atoms with Crippen molar-refractivity contribution in [2.45, 2.75) is 51.5 Å². The number of amides is 2. The summed E-state index contributed by atoms with van der Waals surface area (Å²) in [5, 5.41) is 34.0. The van der Waals surface area contributed by atoms with E-state index < -0.39 is 24.5 Å². The predicted molar refractivity (Wildman–Crippen MR) is 135 cm³/mol. The Balaban J connectivity index is 1.88. The molecular weight excluding hydrogens is 445 g/mol. The van der Waals surface area contributed by atoms with Crippen molar-refractivity contribution in [3.8, 4) is 11.8 Å². The highest BCUT2D eigenvalue weighted by atomic mass is 16.5. The molecule has 35 heavy (non-hydrogen) atoms. The minimum Gasteiger partial charge on any atom is -0.493 e. The number of carbonyl (C=O) groups excluding carboxylic acids is 2. The Morgan fingerprint density at radius 2 is 1.86 bits per heavy atom. The van der Waals surface area contributed by atoms with Gasteiger partial charge in [-0.2, -0.15) is 5.26 Å². The van der Waals surface area contributed by atoms with Crippen molar-refractivity contribution >= 4 is 25.0 Å². The second kappa shape index (κ2) is 13.3. The minimum atomic E-state index is -1.67. The Bertz CT molecular complexity index is 1060. The van der Waals surface area contributed by atoms with Crippen LogP contribution in [0.15, 0.2) is 60.2 Å². The zero-order valence-electron chi connectivity index (χ0n) is 20.3. The first-order valence-corrected chi connectivity index (χ1v) is 11.4. The van der Waals surface area contributed by atoms with Crippen LogP contribution in [0.1, 0.15) is 44.7 Å². The van der Waals surface area contributed by atoms with Gasteiger partial charge in [-0.25, -0.2) is 0 Å². The predicted octanol–water partition coefficient (Wildman–Crippen LogP) is 2.41. The number of carbonyl (C=O) groups is 2. The lowest BCUT2D eigenvalue weighted by atomic mass is 9.76. The zero-order valence-corrected chi connectivity index (χ0v) is 20.3. The SMILES string of the molecule is CC(C)(C)NC(=O)C(C#N)=Cc1cccc(OCCC(=O)NC(CCc2ccccc2)B(O)O)c1. The summed E-state index contributed by atoms with van der Waals surface area (Å²) in [6.45, 7) is 5.56. The monoisotopic (exact) mass is 477 g/mol. The average Bonchev–Trinajstić information content (AvgIpc) is 2.79. The van der Waals surface area contributed by atoms with E-state index in [-0.39, 0.29) is 24.5 Å². The third kappa shape index (κ3) is 10.5. The summed E-state index contributed by atoms with van der Waals surface area (Å²) in [7, 11) is -1.67. The number of hydrogen-bond acceptors (Lipinski definition) is 6. The summed E-state index contributed by atoms with van der Waals surface area (Å²) in [6, 6.07) is 18.3. The van der Waals surface area contributed by atoms with E-state index in [4.69, 9.17) is 4.74 Å². The lowest BCUT2D eigenvalue weighted by molar-refractivity contribution is -0.122. The van der Waals surface area contributed by atoms with Gasteiger partial charge in [0.1, 0.15) is 17.4 Å². The molecule has 2 rings (SSSR count). The molecule has 0 aliphatic carbocycles. The van der Waals surface area contributed by atoms with Crippen LogP contribution >= 0.6 is 0 Å². The molecule has 0 aliphatic heterocycles. The molecule has 0 aromatic heterocycles. The number of rotatable bonds is 11. The van der Waals surface area contributed by atoms with Gasteiger partial charge in [0, 0.05) is 5.54 Å². The molecule has 9 heteroatoms. The van der Waals surface area contributed by atoms with Crippen molar-refractivity contribution in [2.24, 2.45) is 0 Å². The Hall–Kier alpha value is -3.61. The number of hydrogen-bond donors (Lipinski definition) is 4. The van der Waals surface area contributed by atoms with E-state index in [0.717, 1.165) is 5.56 Å². The summed E-state index contributed by atoms with van der Waals surface area (Å²) in [4.78, 5) is 24.6. The highest BCUT2D eigenvalue weighted by molar-refractivity contribution is 6.43. The Morgan fingerprint density at radius 1 is 1.14 bits per heavy atom. The van der Waals surface area contributed by atoms with Gasteiger partial charge in [-0.15, -0.1) is 0 Å². The molecule has 184 valence electrons. The smallest absolute Gasteiger partial charge is 0.475 e. The molecule has 0 aliphatic rings. The highest BCUT2D eigenvalue weighted by Crippen LogP contribution is 2.17. The fourth-order valence-corrected chi connectivity index (χ4v) is 3.22. The van der Waals surface area contributed by atoms with E-state index in [9.17, 15) is 24.9 Å². The molecule has 2 aromatic carbocycles. The Morgan fingerprint density at radius 3 is 2.49 bits per heavy atom. The first kappa shape index (κ1) is 27.6. The van der Waals surface area contributed by atoms with Gasteiger partial charge in [0.05, 0.1) is 19.0 Å². The highest BCUT2D eigenvalue weighted by Gasteiger charge is 2.25. The maximum Gasteiger partial charge on any atom is 0.475 e. The molecule has 0 saturated carbocycles. The van der Waals surface area contributed by atoms with Gasteiger partial charge < -0.3 is 25.4 Å². The van der Waals surface area contributed by atoms with E-state index in [1.54, 1.807) is 24.3 Å². The van der Waals surface area contributed by atoms with E-state index in [1.165, 1.54) is 6.08 Å². The van der Waals surface area contributed by atoms with Crippen LogP contribution in [0.25, 0.3) is 6.08 Å². The third-order valence-corrected chi connectivity index (χ3v) is 4.91. The quantitative estimate of drug-likeness (QED) is 0.223. The molecule has 1 unspecified atom stereocenters. The number of nitrogens with one attached hydrogen (secondary N) is 2. The van der Waals surface area contributed by atoms with E-state index >= 15 is 0 Å². The van der Waals surface area contributed by atoms with Gasteiger partial charge >= 0.3 is 7.12 Å². The van der Waals surface area contributed by atoms with Crippen LogP contribution in [0.5, 0.6) is 5.75 Å². The van der Waals surface area contributed by atoms with Crippen LogP contribution in [0, 0.1) is 11.3 Å². The first-order valence-electron chi connectivity index (χ1n) is 11.4. The van der Waals surface area contributed by atoms with E-state index in [2.05, 4.69) is 10.6 Å². The maximum atomic E-state index is 12.3. The van der Waals surface area contributed by atoms with Crippen LogP contribution in [0.4, 0.5) is 0 Å². The average molecular weight is 477 g/mol. The molecule has 2 amide bonds. The summed E-state index contributed by atoms with van der Waals surface area (Å²) in [5.74, 6) is -1.14. The fraction of sp³-hybridized carbons (Fsp3) is 0.346. The van der Waals surface area contributed by atoms with Gasteiger partial charge in [-0.1, -0.05) is 42.5 Å². The maximum absolute atomic E-state index is 12.3. The second-order valence-corrected chi connectivity index (χ2v) is 9.16. The molecule has 0 saturated heterocycles. The van der Waals surface area contributed by atoms with Gasteiger partial charge in [0.2, 0.25) is 5.91 Å². The molecule has 4 N–H and O–H groups in total. The summed E-state index contributed by atoms with van der Waals surface area (Å²) in [5.41, 5.74) is 1.16. The lowest BCUT2D eigenvalue weighted by Gasteiger charge is -2.20. The summed E-state index contributed by atoms with van der Waals surface area (Å²) in [6.07, 6.45) is 2.47. The van der Waals surface area contributed by atoms with Crippen LogP contribution in [-0.4, -0.2) is 47.1 Å². The third-order valence-electron chi connectivity index (χ3n) is 4.91. The first-order chi connectivity index (χ1) is 16.6. The van der Waals surface area contributed by atoms with Crippen molar-refractivity contribution in [2.75, 3.05) is 6.61 Å². The van der Waals surface area contributed by atoms with Gasteiger partial charge in [0.15, 0.2) is 0 Å². The molecule has 2 aromatic rings. The van der Waals surface area contributed by atoms with Gasteiger partial charge in [-0.3, -0.25) is 9.59 Å². The molecule has 8 nitrogen and oxygen atoms in total. The molecule has 0 radical (unpaired) electrons. The number of ether oxygens (including phenoxy) is 1. The van der Waals surface area contributed by atoms with Crippen molar-refractivity contribution in [3.05, 3.63) is 71.3 Å². The van der Waals surface area contributed by atoms with E-state index in [1.807, 2.05) is 57.2 Å². The molecule has 0 bridgehead atoms. The molecule has 0 fully saturated rings. The number of benzene rings is 2. The number of aryl methyl sites for hydroxylation is 1. The molecular formula is C26H32BN3O5.